The quantitative estimate of drug-likeness (QED) is 0.918. The standard InChI is InChI=1S/C16H19N3O4S/c1-11-14(9-10-23-11)16(21)17-13-7-5-12(6-8-13)15(20)18-24(4,22)19(2)3/h5-10H,1-4H3,(H,17,21)/t24-/m1/s1. The number of carbonyl (C=O) groups excluding carboxylic acids is 2. The van der Waals surface area contributed by atoms with Crippen molar-refractivity contribution >= 4 is 27.4 Å². The van der Waals surface area contributed by atoms with Crippen molar-refractivity contribution in [1.29, 1.82) is 0 Å². The van der Waals surface area contributed by atoms with E-state index in [-0.39, 0.29) is 5.91 Å². The monoisotopic (exact) mass is 349 g/mol. The van der Waals surface area contributed by atoms with Gasteiger partial charge in [-0.15, -0.1) is 4.36 Å². The van der Waals surface area contributed by atoms with Crippen LogP contribution in [0.3, 0.4) is 0 Å². The summed E-state index contributed by atoms with van der Waals surface area (Å²) in [6.45, 7) is 1.70. The summed E-state index contributed by atoms with van der Waals surface area (Å²) in [5.41, 5.74) is 1.27. The summed E-state index contributed by atoms with van der Waals surface area (Å²) in [7, 11) is 0.455. The minimum atomic E-state index is -2.73. The van der Waals surface area contributed by atoms with Gasteiger partial charge in [-0.25, -0.2) is 8.51 Å². The first-order valence-electron chi connectivity index (χ1n) is 7.10. The van der Waals surface area contributed by atoms with Crippen molar-refractivity contribution in [3.05, 3.63) is 53.5 Å². The van der Waals surface area contributed by atoms with E-state index in [1.807, 2.05) is 0 Å². The highest BCUT2D eigenvalue weighted by Gasteiger charge is 2.13. The fourth-order valence-corrected chi connectivity index (χ4v) is 2.38. The molecule has 1 aromatic carbocycles. The van der Waals surface area contributed by atoms with E-state index in [9.17, 15) is 13.8 Å². The summed E-state index contributed by atoms with van der Waals surface area (Å²) in [5.74, 6) is -0.339. The molecule has 0 aliphatic heterocycles. The highest BCUT2D eigenvalue weighted by atomic mass is 32.2. The Morgan fingerprint density at radius 3 is 2.29 bits per heavy atom. The number of hydrogen-bond acceptors (Lipinski definition) is 4. The van der Waals surface area contributed by atoms with Crippen LogP contribution in [0, 0.1) is 6.92 Å². The molecule has 0 unspecified atom stereocenters. The Hall–Kier alpha value is -2.45. The zero-order chi connectivity index (χ0) is 17.9. The molecule has 1 heterocycles. The molecule has 0 saturated carbocycles. The minimum absolute atomic E-state index is 0.295. The molecule has 0 bridgehead atoms. The molecule has 8 heteroatoms. The molecule has 1 atom stereocenters. The molecule has 0 radical (unpaired) electrons. The zero-order valence-corrected chi connectivity index (χ0v) is 14.7. The zero-order valence-electron chi connectivity index (χ0n) is 13.9. The van der Waals surface area contributed by atoms with Crippen LogP contribution in [-0.4, -0.2) is 40.7 Å². The van der Waals surface area contributed by atoms with Crippen LogP contribution in [0.2, 0.25) is 0 Å². The van der Waals surface area contributed by atoms with E-state index in [0.29, 0.717) is 22.6 Å². The van der Waals surface area contributed by atoms with Crippen molar-refractivity contribution < 1.29 is 18.2 Å². The molecular weight excluding hydrogens is 330 g/mol. The molecule has 2 aromatic rings. The number of rotatable bonds is 4. The molecular formula is C16H19N3O4S. The molecule has 24 heavy (non-hydrogen) atoms. The maximum Gasteiger partial charge on any atom is 0.286 e. The Balaban J connectivity index is 2.14. The van der Waals surface area contributed by atoms with Crippen molar-refractivity contribution in [3.63, 3.8) is 0 Å². The number of hydrogen-bond donors (Lipinski definition) is 1. The number of aryl methyl sites for hydroxylation is 1. The van der Waals surface area contributed by atoms with Crippen LogP contribution in [0.15, 0.2) is 45.4 Å². The van der Waals surface area contributed by atoms with E-state index in [0.717, 1.165) is 0 Å². The summed E-state index contributed by atoms with van der Waals surface area (Å²) >= 11 is 0. The summed E-state index contributed by atoms with van der Waals surface area (Å²) in [4.78, 5) is 24.1. The Labute approximate surface area is 141 Å². The number of furan rings is 1. The van der Waals surface area contributed by atoms with Gasteiger partial charge in [0, 0.05) is 31.6 Å². The van der Waals surface area contributed by atoms with Gasteiger partial charge < -0.3 is 9.73 Å². The summed E-state index contributed by atoms with van der Waals surface area (Å²) < 4.78 is 22.3. The highest BCUT2D eigenvalue weighted by Crippen LogP contribution is 2.15. The average molecular weight is 349 g/mol. The molecule has 0 saturated heterocycles. The lowest BCUT2D eigenvalue weighted by Crippen LogP contribution is -2.21. The highest BCUT2D eigenvalue weighted by molar-refractivity contribution is 7.90. The van der Waals surface area contributed by atoms with Crippen LogP contribution in [-0.2, 0) is 9.92 Å². The van der Waals surface area contributed by atoms with E-state index in [4.69, 9.17) is 4.42 Å². The normalized spacial score (nSPS) is 13.4. The topological polar surface area (TPSA) is 92.0 Å². The van der Waals surface area contributed by atoms with Crippen molar-refractivity contribution in [3.8, 4) is 0 Å². The molecule has 1 N–H and O–H groups in total. The molecule has 128 valence electrons. The predicted octanol–water partition coefficient (Wildman–Crippen LogP) is 2.55. The number of benzene rings is 1. The van der Waals surface area contributed by atoms with E-state index < -0.39 is 15.8 Å². The molecule has 7 nitrogen and oxygen atoms in total. The van der Waals surface area contributed by atoms with Crippen LogP contribution in [0.1, 0.15) is 26.5 Å². The Morgan fingerprint density at radius 2 is 1.79 bits per heavy atom. The third-order valence-corrected chi connectivity index (χ3v) is 5.28. The minimum Gasteiger partial charge on any atom is -0.469 e. The van der Waals surface area contributed by atoms with Gasteiger partial charge in [-0.3, -0.25) is 9.59 Å². The second kappa shape index (κ2) is 6.98. The summed E-state index contributed by atoms with van der Waals surface area (Å²) in [6, 6.07) is 7.80. The molecule has 0 spiro atoms. The Kier molecular flexibility index (Phi) is 5.20. The van der Waals surface area contributed by atoms with E-state index in [1.165, 1.54) is 29.0 Å². The van der Waals surface area contributed by atoms with Crippen molar-refractivity contribution in [2.75, 3.05) is 25.7 Å². The van der Waals surface area contributed by atoms with Crippen LogP contribution in [0.4, 0.5) is 5.69 Å². The fourth-order valence-electron chi connectivity index (χ4n) is 1.80. The van der Waals surface area contributed by atoms with Gasteiger partial charge in [0.1, 0.15) is 15.7 Å². The van der Waals surface area contributed by atoms with Gasteiger partial charge in [-0.05, 0) is 37.3 Å². The molecule has 0 aliphatic rings. The van der Waals surface area contributed by atoms with Crippen molar-refractivity contribution in [2.24, 2.45) is 4.36 Å². The number of anilines is 1. The van der Waals surface area contributed by atoms with Gasteiger partial charge in [-0.2, -0.15) is 0 Å². The predicted molar refractivity (Wildman–Crippen MR) is 92.4 cm³/mol. The van der Waals surface area contributed by atoms with Gasteiger partial charge >= 0.3 is 0 Å². The van der Waals surface area contributed by atoms with Gasteiger partial charge in [0.2, 0.25) is 0 Å². The smallest absolute Gasteiger partial charge is 0.286 e. The SMILES string of the molecule is Cc1occc1C(=O)Nc1ccc(C(=O)N=[S@@](C)(=O)N(C)C)cc1. The summed E-state index contributed by atoms with van der Waals surface area (Å²) in [5, 5.41) is 2.71. The van der Waals surface area contributed by atoms with Crippen LogP contribution < -0.4 is 5.32 Å². The third kappa shape index (κ3) is 4.09. The van der Waals surface area contributed by atoms with Crippen LogP contribution in [0.5, 0.6) is 0 Å². The number of amides is 2. The lowest BCUT2D eigenvalue weighted by molar-refractivity contribution is 0.100. The molecule has 0 aliphatic carbocycles. The lowest BCUT2D eigenvalue weighted by atomic mass is 10.2. The lowest BCUT2D eigenvalue weighted by Gasteiger charge is -2.11. The number of carbonyl (C=O) groups is 2. The van der Waals surface area contributed by atoms with Gasteiger partial charge in [0.25, 0.3) is 11.8 Å². The Bertz CT molecular complexity index is 875. The van der Waals surface area contributed by atoms with Gasteiger partial charge in [-0.1, -0.05) is 0 Å². The van der Waals surface area contributed by atoms with Crippen LogP contribution in [0.25, 0.3) is 0 Å². The Morgan fingerprint density at radius 1 is 1.17 bits per heavy atom. The maximum absolute atomic E-state index is 12.1. The van der Waals surface area contributed by atoms with Crippen LogP contribution >= 0.6 is 0 Å². The number of nitrogens with zero attached hydrogens (tertiary/aromatic N) is 2. The van der Waals surface area contributed by atoms with E-state index >= 15 is 0 Å². The van der Waals surface area contributed by atoms with Crippen molar-refractivity contribution in [2.45, 2.75) is 6.92 Å². The van der Waals surface area contributed by atoms with Crippen molar-refractivity contribution in [1.82, 2.24) is 4.31 Å². The van der Waals surface area contributed by atoms with E-state index in [1.54, 1.807) is 39.2 Å². The maximum atomic E-state index is 12.1. The molecule has 1 aromatic heterocycles. The molecule has 2 amide bonds. The molecule has 0 fully saturated rings. The average Bonchev–Trinajstić information content (AvgIpc) is 2.93. The second-order valence-corrected chi connectivity index (χ2v) is 7.83. The van der Waals surface area contributed by atoms with E-state index in [2.05, 4.69) is 9.68 Å². The largest absolute Gasteiger partial charge is 0.469 e. The first kappa shape index (κ1) is 17.9. The number of nitrogens with one attached hydrogen (secondary N) is 1. The summed E-state index contributed by atoms with van der Waals surface area (Å²) in [6.07, 6.45) is 2.84. The van der Waals surface area contributed by atoms with Gasteiger partial charge in [0.05, 0.1) is 11.8 Å². The first-order chi connectivity index (χ1) is 11.2. The first-order valence-corrected chi connectivity index (χ1v) is 8.98. The van der Waals surface area contributed by atoms with Gasteiger partial charge in [0.15, 0.2) is 0 Å². The molecule has 2 rings (SSSR count). The second-order valence-electron chi connectivity index (χ2n) is 5.39. The fraction of sp³-hybridized carbons (Fsp3) is 0.250. The third-order valence-electron chi connectivity index (χ3n) is 3.42.